The second kappa shape index (κ2) is 5.52. The first-order chi connectivity index (χ1) is 10.2. The van der Waals surface area contributed by atoms with Crippen molar-refractivity contribution in [3.8, 4) is 11.4 Å². The van der Waals surface area contributed by atoms with E-state index in [4.69, 9.17) is 9.97 Å². The van der Waals surface area contributed by atoms with E-state index in [0.717, 1.165) is 34.7 Å². The van der Waals surface area contributed by atoms with Crippen molar-refractivity contribution < 1.29 is 0 Å². The Bertz CT molecular complexity index is 794. The Balaban J connectivity index is 2.20. The summed E-state index contributed by atoms with van der Waals surface area (Å²) in [5.74, 6) is 1.67. The molecule has 3 nitrogen and oxygen atoms in total. The van der Waals surface area contributed by atoms with Crippen LogP contribution < -0.4 is 5.32 Å². The number of hydrogen-bond acceptors (Lipinski definition) is 3. The summed E-state index contributed by atoms with van der Waals surface area (Å²) in [6.45, 7) is 7.15. The highest BCUT2D eigenvalue weighted by molar-refractivity contribution is 5.90. The van der Waals surface area contributed by atoms with Gasteiger partial charge in [-0.3, -0.25) is 0 Å². The van der Waals surface area contributed by atoms with E-state index in [0.29, 0.717) is 0 Å². The summed E-state index contributed by atoms with van der Waals surface area (Å²) in [5, 5.41) is 4.40. The molecule has 0 fully saturated rings. The van der Waals surface area contributed by atoms with Gasteiger partial charge in [-0.1, -0.05) is 24.3 Å². The molecular weight excluding hydrogens is 258 g/mol. The van der Waals surface area contributed by atoms with Crippen LogP contribution in [-0.4, -0.2) is 16.5 Å². The molecule has 0 aliphatic heterocycles. The molecule has 106 valence electrons. The van der Waals surface area contributed by atoms with Crippen LogP contribution in [0.5, 0.6) is 0 Å². The van der Waals surface area contributed by atoms with Crippen LogP contribution in [0.4, 0.5) is 5.82 Å². The Labute approximate surface area is 125 Å². The van der Waals surface area contributed by atoms with Crippen molar-refractivity contribution >= 4 is 16.7 Å². The Morgan fingerprint density at radius 2 is 1.76 bits per heavy atom. The fourth-order valence-corrected chi connectivity index (χ4v) is 2.39. The molecule has 3 heteroatoms. The summed E-state index contributed by atoms with van der Waals surface area (Å²) in [7, 11) is 0. The maximum Gasteiger partial charge on any atom is 0.162 e. The van der Waals surface area contributed by atoms with Crippen molar-refractivity contribution in [1.82, 2.24) is 9.97 Å². The zero-order chi connectivity index (χ0) is 14.8. The van der Waals surface area contributed by atoms with Gasteiger partial charge >= 0.3 is 0 Å². The monoisotopic (exact) mass is 277 g/mol. The average Bonchev–Trinajstić information content (AvgIpc) is 2.50. The van der Waals surface area contributed by atoms with E-state index in [1.54, 1.807) is 0 Å². The number of nitrogens with zero attached hydrogens (tertiary/aromatic N) is 2. The van der Waals surface area contributed by atoms with Crippen molar-refractivity contribution in [1.29, 1.82) is 0 Å². The molecule has 1 N–H and O–H groups in total. The molecule has 2 aromatic carbocycles. The number of fused-ring (bicyclic) bond motifs is 1. The number of aryl methyl sites for hydroxylation is 2. The van der Waals surface area contributed by atoms with Gasteiger partial charge in [0.1, 0.15) is 5.82 Å². The van der Waals surface area contributed by atoms with Crippen LogP contribution in [0.2, 0.25) is 0 Å². The molecule has 3 aromatic rings. The number of nitrogens with one attached hydrogen (secondary N) is 1. The molecule has 0 saturated heterocycles. The zero-order valence-corrected chi connectivity index (χ0v) is 12.6. The topological polar surface area (TPSA) is 37.8 Å². The molecule has 21 heavy (non-hydrogen) atoms. The Hall–Kier alpha value is -2.42. The summed E-state index contributed by atoms with van der Waals surface area (Å²) in [4.78, 5) is 9.42. The van der Waals surface area contributed by atoms with E-state index in [1.807, 2.05) is 18.2 Å². The standard InChI is InChI=1S/C18H19N3/c1-4-19-18-15-7-5-6-8-16(15)20-17(21-18)14-10-9-12(2)13(3)11-14/h5-11H,4H2,1-3H3,(H,19,20,21). The van der Waals surface area contributed by atoms with Crippen LogP contribution in [0.1, 0.15) is 18.1 Å². The number of para-hydroxylation sites is 1. The van der Waals surface area contributed by atoms with Crippen LogP contribution in [0.3, 0.4) is 0 Å². The molecule has 0 radical (unpaired) electrons. The first-order valence-electron chi connectivity index (χ1n) is 7.27. The van der Waals surface area contributed by atoms with Gasteiger partial charge in [-0.25, -0.2) is 9.97 Å². The van der Waals surface area contributed by atoms with Gasteiger partial charge in [0.2, 0.25) is 0 Å². The Kier molecular flexibility index (Phi) is 3.57. The molecule has 0 saturated carbocycles. The van der Waals surface area contributed by atoms with Crippen molar-refractivity contribution in [2.45, 2.75) is 20.8 Å². The highest BCUT2D eigenvalue weighted by atomic mass is 15.0. The molecule has 0 amide bonds. The van der Waals surface area contributed by atoms with Crippen LogP contribution in [0.15, 0.2) is 42.5 Å². The highest BCUT2D eigenvalue weighted by Gasteiger charge is 2.09. The SMILES string of the molecule is CCNc1nc(-c2ccc(C)c(C)c2)nc2ccccc12. The second-order valence-corrected chi connectivity index (χ2v) is 5.24. The minimum atomic E-state index is 0.771. The molecule has 0 aliphatic carbocycles. The quantitative estimate of drug-likeness (QED) is 0.773. The number of anilines is 1. The summed E-state index contributed by atoms with van der Waals surface area (Å²) in [6, 6.07) is 14.5. The Morgan fingerprint density at radius 1 is 0.952 bits per heavy atom. The molecular formula is C18H19N3. The number of hydrogen-bond donors (Lipinski definition) is 1. The molecule has 0 spiro atoms. The van der Waals surface area contributed by atoms with Crippen molar-refractivity contribution in [3.63, 3.8) is 0 Å². The summed E-state index contributed by atoms with van der Waals surface area (Å²) < 4.78 is 0. The first kappa shape index (κ1) is 13.6. The fourth-order valence-electron chi connectivity index (χ4n) is 2.39. The van der Waals surface area contributed by atoms with Gasteiger partial charge in [-0.15, -0.1) is 0 Å². The molecule has 0 bridgehead atoms. The predicted molar refractivity (Wildman–Crippen MR) is 88.6 cm³/mol. The van der Waals surface area contributed by atoms with Gasteiger partial charge in [0, 0.05) is 17.5 Å². The second-order valence-electron chi connectivity index (χ2n) is 5.24. The van der Waals surface area contributed by atoms with Gasteiger partial charge in [0.05, 0.1) is 5.52 Å². The van der Waals surface area contributed by atoms with Gasteiger partial charge < -0.3 is 5.32 Å². The van der Waals surface area contributed by atoms with Crippen molar-refractivity contribution in [3.05, 3.63) is 53.6 Å². The third-order valence-electron chi connectivity index (χ3n) is 3.71. The lowest BCUT2D eigenvalue weighted by Gasteiger charge is -2.10. The van der Waals surface area contributed by atoms with Crippen LogP contribution in [-0.2, 0) is 0 Å². The normalized spacial score (nSPS) is 10.8. The lowest BCUT2D eigenvalue weighted by Crippen LogP contribution is -2.03. The van der Waals surface area contributed by atoms with Crippen LogP contribution in [0, 0.1) is 13.8 Å². The Morgan fingerprint density at radius 3 is 2.52 bits per heavy atom. The van der Waals surface area contributed by atoms with E-state index < -0.39 is 0 Å². The zero-order valence-electron chi connectivity index (χ0n) is 12.6. The lowest BCUT2D eigenvalue weighted by molar-refractivity contribution is 1.14. The van der Waals surface area contributed by atoms with Gasteiger partial charge in [0.15, 0.2) is 5.82 Å². The van der Waals surface area contributed by atoms with Crippen LogP contribution in [0.25, 0.3) is 22.3 Å². The van der Waals surface area contributed by atoms with E-state index in [1.165, 1.54) is 11.1 Å². The minimum absolute atomic E-state index is 0.771. The largest absolute Gasteiger partial charge is 0.370 e. The molecule has 0 atom stereocenters. The summed E-state index contributed by atoms with van der Waals surface area (Å²) >= 11 is 0. The maximum absolute atomic E-state index is 4.71. The maximum atomic E-state index is 4.71. The smallest absolute Gasteiger partial charge is 0.162 e. The van der Waals surface area contributed by atoms with Gasteiger partial charge in [-0.05, 0) is 50.1 Å². The molecule has 0 aliphatic rings. The lowest BCUT2D eigenvalue weighted by atomic mass is 10.1. The van der Waals surface area contributed by atoms with E-state index >= 15 is 0 Å². The third kappa shape index (κ3) is 2.59. The summed E-state index contributed by atoms with van der Waals surface area (Å²) in [6.07, 6.45) is 0. The summed E-state index contributed by atoms with van der Waals surface area (Å²) in [5.41, 5.74) is 4.57. The van der Waals surface area contributed by atoms with E-state index in [2.05, 4.69) is 50.4 Å². The number of benzene rings is 2. The predicted octanol–water partition coefficient (Wildman–Crippen LogP) is 4.35. The van der Waals surface area contributed by atoms with Gasteiger partial charge in [-0.2, -0.15) is 0 Å². The number of aromatic nitrogens is 2. The molecule has 1 aromatic heterocycles. The van der Waals surface area contributed by atoms with Crippen LogP contribution >= 0.6 is 0 Å². The fraction of sp³-hybridized carbons (Fsp3) is 0.222. The third-order valence-corrected chi connectivity index (χ3v) is 3.71. The highest BCUT2D eigenvalue weighted by Crippen LogP contribution is 2.25. The van der Waals surface area contributed by atoms with E-state index in [-0.39, 0.29) is 0 Å². The molecule has 0 unspecified atom stereocenters. The van der Waals surface area contributed by atoms with Crippen molar-refractivity contribution in [2.75, 3.05) is 11.9 Å². The average molecular weight is 277 g/mol. The van der Waals surface area contributed by atoms with Crippen molar-refractivity contribution in [2.24, 2.45) is 0 Å². The van der Waals surface area contributed by atoms with E-state index in [9.17, 15) is 0 Å². The first-order valence-corrected chi connectivity index (χ1v) is 7.27. The minimum Gasteiger partial charge on any atom is -0.370 e. The molecule has 1 heterocycles. The van der Waals surface area contributed by atoms with Gasteiger partial charge in [0.25, 0.3) is 0 Å². The molecule has 3 rings (SSSR count). The number of rotatable bonds is 3.